The fraction of sp³-hybridized carbons (Fsp3) is 0.107. The summed E-state index contributed by atoms with van der Waals surface area (Å²) in [6.07, 6.45) is 3.31. The van der Waals surface area contributed by atoms with Crippen molar-refractivity contribution in [2.75, 3.05) is 18.4 Å². The van der Waals surface area contributed by atoms with Crippen LogP contribution in [0.2, 0.25) is 0 Å². The van der Waals surface area contributed by atoms with Crippen LogP contribution >= 0.6 is 0 Å². The molecule has 0 spiro atoms. The second-order valence-corrected chi connectivity index (χ2v) is 8.09. The summed E-state index contributed by atoms with van der Waals surface area (Å²) in [6.45, 7) is 4.64. The Hall–Kier alpha value is -4.45. The quantitative estimate of drug-likeness (QED) is 0.232. The van der Waals surface area contributed by atoms with Gasteiger partial charge in [0.05, 0.1) is 6.54 Å². The zero-order valence-corrected chi connectivity index (χ0v) is 18.5. The Bertz CT molecular complexity index is 1470. The van der Waals surface area contributed by atoms with Crippen molar-refractivity contribution in [1.82, 2.24) is 4.90 Å². The Morgan fingerprint density at radius 2 is 1.68 bits per heavy atom. The minimum atomic E-state index is -0.309. The number of nitrogens with one attached hydrogen (secondary N) is 1. The van der Waals surface area contributed by atoms with Crippen LogP contribution in [0.3, 0.4) is 0 Å². The van der Waals surface area contributed by atoms with E-state index in [4.69, 9.17) is 0 Å². The number of imide groups is 1. The number of aliphatic imine (C=N–C) groups is 1. The number of nitrogens with zero attached hydrogens (tertiary/aromatic N) is 2. The van der Waals surface area contributed by atoms with Gasteiger partial charge in [0.1, 0.15) is 5.75 Å². The van der Waals surface area contributed by atoms with E-state index in [9.17, 15) is 14.7 Å². The van der Waals surface area contributed by atoms with Gasteiger partial charge in [0, 0.05) is 52.5 Å². The lowest BCUT2D eigenvalue weighted by atomic mass is 9.93. The minimum absolute atomic E-state index is 0.177. The largest absolute Gasteiger partial charge is 0.508 e. The molecule has 0 bridgehead atoms. The summed E-state index contributed by atoms with van der Waals surface area (Å²) >= 11 is 0. The second kappa shape index (κ2) is 8.83. The van der Waals surface area contributed by atoms with Crippen molar-refractivity contribution in [3.8, 4) is 5.75 Å². The molecule has 0 fully saturated rings. The van der Waals surface area contributed by atoms with Crippen LogP contribution in [0, 0.1) is 0 Å². The monoisotopic (exact) mass is 449 g/mol. The number of benzene rings is 4. The first-order valence-corrected chi connectivity index (χ1v) is 11.0. The summed E-state index contributed by atoms with van der Waals surface area (Å²) in [4.78, 5) is 31.4. The Kier molecular flexibility index (Phi) is 5.55. The molecule has 0 unspecified atom stereocenters. The van der Waals surface area contributed by atoms with Crippen LogP contribution in [0.4, 0.5) is 5.69 Å². The molecular weight excluding hydrogens is 426 g/mol. The summed E-state index contributed by atoms with van der Waals surface area (Å²) < 4.78 is 0. The number of hydrogen-bond acceptors (Lipinski definition) is 5. The number of fused-ring (bicyclic) bond motifs is 1. The van der Waals surface area contributed by atoms with Crippen LogP contribution in [0.25, 0.3) is 21.5 Å². The lowest BCUT2D eigenvalue weighted by molar-refractivity contribution is 0.0629. The van der Waals surface area contributed by atoms with Gasteiger partial charge >= 0.3 is 0 Å². The molecule has 2 N–H and O–H groups in total. The standard InChI is InChI=1S/C28H23N3O3/c1-2-16-31-27(33)21-9-5-8-20-24(12-11-22(26(20)21)28(31)34)30-15-14-29-17-23-19-7-4-3-6-18(19)10-13-25(23)32/h2-14,30,32H,1,15-17H2. The maximum absolute atomic E-state index is 12.9. The molecule has 1 aliphatic heterocycles. The maximum atomic E-state index is 12.9. The normalized spacial score (nSPS) is 13.2. The van der Waals surface area contributed by atoms with Crippen LogP contribution in [0.15, 0.2) is 84.4 Å². The van der Waals surface area contributed by atoms with Crippen molar-refractivity contribution in [2.45, 2.75) is 6.54 Å². The zero-order chi connectivity index (χ0) is 23.7. The van der Waals surface area contributed by atoms with Crippen LogP contribution in [0.5, 0.6) is 5.75 Å². The molecule has 0 saturated heterocycles. The second-order valence-electron chi connectivity index (χ2n) is 8.09. The molecule has 6 nitrogen and oxygen atoms in total. The lowest BCUT2D eigenvalue weighted by Crippen LogP contribution is -2.40. The number of phenolic OH excluding ortho intramolecular Hbond substituents is 1. The summed E-state index contributed by atoms with van der Waals surface area (Å²) in [5, 5.41) is 17.1. The van der Waals surface area contributed by atoms with Crippen LogP contribution < -0.4 is 5.32 Å². The summed E-state index contributed by atoms with van der Waals surface area (Å²) in [5.74, 6) is -0.388. The third kappa shape index (κ3) is 3.59. The van der Waals surface area contributed by atoms with E-state index in [2.05, 4.69) is 16.9 Å². The average molecular weight is 450 g/mol. The maximum Gasteiger partial charge on any atom is 0.261 e. The van der Waals surface area contributed by atoms with E-state index in [-0.39, 0.29) is 24.1 Å². The number of hydrogen-bond donors (Lipinski definition) is 2. The van der Waals surface area contributed by atoms with Crippen molar-refractivity contribution in [3.63, 3.8) is 0 Å². The third-order valence-electron chi connectivity index (χ3n) is 6.08. The molecule has 168 valence electrons. The van der Waals surface area contributed by atoms with Gasteiger partial charge in [-0.25, -0.2) is 0 Å². The molecule has 5 rings (SSSR count). The van der Waals surface area contributed by atoms with Gasteiger partial charge in [-0.05, 0) is 35.0 Å². The molecule has 0 aromatic heterocycles. The van der Waals surface area contributed by atoms with E-state index < -0.39 is 0 Å². The molecule has 6 heteroatoms. The Morgan fingerprint density at radius 1 is 0.912 bits per heavy atom. The van der Waals surface area contributed by atoms with E-state index in [0.29, 0.717) is 29.6 Å². The average Bonchev–Trinajstić information content (AvgIpc) is 2.86. The lowest BCUT2D eigenvalue weighted by Gasteiger charge is -2.26. The van der Waals surface area contributed by atoms with Gasteiger partial charge in [0.25, 0.3) is 11.8 Å². The van der Waals surface area contributed by atoms with E-state index in [1.807, 2.05) is 48.5 Å². The predicted molar refractivity (Wildman–Crippen MR) is 136 cm³/mol. The molecule has 1 aliphatic rings. The molecule has 4 aromatic rings. The van der Waals surface area contributed by atoms with E-state index in [1.54, 1.807) is 30.5 Å². The van der Waals surface area contributed by atoms with Gasteiger partial charge in [-0.1, -0.05) is 48.5 Å². The van der Waals surface area contributed by atoms with Crippen molar-refractivity contribution in [3.05, 3.63) is 96.1 Å². The van der Waals surface area contributed by atoms with Gasteiger partial charge in [-0.2, -0.15) is 0 Å². The fourth-order valence-corrected chi connectivity index (χ4v) is 4.46. The third-order valence-corrected chi connectivity index (χ3v) is 6.08. The first-order chi connectivity index (χ1) is 16.6. The van der Waals surface area contributed by atoms with E-state index in [1.165, 1.54) is 4.90 Å². The molecule has 0 saturated carbocycles. The number of amides is 2. The van der Waals surface area contributed by atoms with E-state index in [0.717, 1.165) is 27.4 Å². The van der Waals surface area contributed by atoms with Gasteiger partial charge < -0.3 is 10.4 Å². The van der Waals surface area contributed by atoms with Gasteiger partial charge in [-0.3, -0.25) is 19.5 Å². The Labute approximate surface area is 196 Å². The predicted octanol–water partition coefficient (Wildman–Crippen LogP) is 5.16. The number of anilines is 1. The van der Waals surface area contributed by atoms with Gasteiger partial charge in [-0.15, -0.1) is 6.58 Å². The molecular formula is C28H23N3O3. The number of aromatic hydroxyl groups is 1. The molecule has 4 aromatic carbocycles. The minimum Gasteiger partial charge on any atom is -0.508 e. The van der Waals surface area contributed by atoms with Crippen LogP contribution in [0.1, 0.15) is 26.3 Å². The van der Waals surface area contributed by atoms with Crippen molar-refractivity contribution < 1.29 is 14.7 Å². The highest BCUT2D eigenvalue weighted by Gasteiger charge is 2.32. The Balaban J connectivity index is 1.36. The molecule has 1 heterocycles. The molecule has 0 radical (unpaired) electrons. The highest BCUT2D eigenvalue weighted by atomic mass is 16.3. The van der Waals surface area contributed by atoms with Gasteiger partial charge in [0.2, 0.25) is 0 Å². The summed E-state index contributed by atoms with van der Waals surface area (Å²) in [6, 6.07) is 20.6. The van der Waals surface area contributed by atoms with Crippen molar-refractivity contribution in [2.24, 2.45) is 4.99 Å². The highest BCUT2D eigenvalue weighted by Crippen LogP contribution is 2.34. The van der Waals surface area contributed by atoms with Crippen molar-refractivity contribution >= 4 is 45.3 Å². The van der Waals surface area contributed by atoms with Crippen LogP contribution in [-0.4, -0.2) is 41.1 Å². The first-order valence-electron chi connectivity index (χ1n) is 11.0. The zero-order valence-electron chi connectivity index (χ0n) is 18.5. The number of carbonyl (C=O) groups excluding carboxylic acids is 2. The smallest absolute Gasteiger partial charge is 0.261 e. The number of rotatable bonds is 7. The Morgan fingerprint density at radius 3 is 2.50 bits per heavy atom. The number of carbonyl (C=O) groups is 2. The van der Waals surface area contributed by atoms with Crippen molar-refractivity contribution in [1.29, 1.82) is 0 Å². The molecule has 2 amide bonds. The highest BCUT2D eigenvalue weighted by molar-refractivity contribution is 6.26. The first kappa shape index (κ1) is 21.4. The molecule has 0 atom stereocenters. The molecule has 34 heavy (non-hydrogen) atoms. The van der Waals surface area contributed by atoms with Crippen LogP contribution in [-0.2, 0) is 6.54 Å². The van der Waals surface area contributed by atoms with Gasteiger partial charge in [0.15, 0.2) is 0 Å². The summed E-state index contributed by atoms with van der Waals surface area (Å²) in [5.41, 5.74) is 2.63. The topological polar surface area (TPSA) is 82.0 Å². The van der Waals surface area contributed by atoms with E-state index >= 15 is 0 Å². The fourth-order valence-electron chi connectivity index (χ4n) is 4.46. The summed E-state index contributed by atoms with van der Waals surface area (Å²) in [7, 11) is 0. The number of phenols is 1. The molecule has 0 aliphatic carbocycles. The SMILES string of the molecule is C=CCN1C(=O)c2cccc3c(NCC=NCc4c(O)ccc5ccccc45)ccc(c23)C1=O.